The van der Waals surface area contributed by atoms with E-state index in [9.17, 15) is 28.8 Å². The Kier molecular flexibility index (Phi) is 45.5. The first-order chi connectivity index (χ1) is 61.2. The van der Waals surface area contributed by atoms with Gasteiger partial charge in [-0.3, -0.25) is 24.0 Å². The van der Waals surface area contributed by atoms with Gasteiger partial charge in [-0.2, -0.15) is 15.0 Å². The molecule has 0 aliphatic heterocycles. The molecular formula is C97H113Cl7N10O16. The maximum absolute atomic E-state index is 12.3. The molecule has 0 saturated heterocycles. The van der Waals surface area contributed by atoms with Crippen LogP contribution >= 0.6 is 81.2 Å². The summed E-state index contributed by atoms with van der Waals surface area (Å²) in [5.74, 6) is -0.178. The number of H-pyrrole nitrogens is 1. The van der Waals surface area contributed by atoms with Gasteiger partial charge in [-0.25, -0.2) is 34.7 Å². The summed E-state index contributed by atoms with van der Waals surface area (Å²) in [5, 5.41) is 22.5. The van der Waals surface area contributed by atoms with E-state index in [2.05, 4.69) is 59.3 Å². The molecule has 1 atom stereocenters. The van der Waals surface area contributed by atoms with E-state index in [0.717, 1.165) is 82.8 Å². The number of benzene rings is 6. The largest absolute Gasteiger partial charge is 0.481 e. The van der Waals surface area contributed by atoms with Gasteiger partial charge < -0.3 is 53.1 Å². The zero-order valence-electron chi connectivity index (χ0n) is 77.0. The van der Waals surface area contributed by atoms with Gasteiger partial charge in [0.05, 0.1) is 52.4 Å². The molecule has 1 unspecified atom stereocenters. The number of ketones is 2. The number of aliphatic hydroxyl groups excluding tert-OH is 1. The summed E-state index contributed by atoms with van der Waals surface area (Å²) in [7, 11) is 7.14. The van der Waals surface area contributed by atoms with E-state index in [1.54, 1.807) is 45.4 Å². The highest BCUT2D eigenvalue weighted by Gasteiger charge is 2.27. The van der Waals surface area contributed by atoms with Crippen molar-refractivity contribution in [3.05, 3.63) is 310 Å². The third kappa shape index (κ3) is 37.8. The van der Waals surface area contributed by atoms with E-state index in [4.69, 9.17) is 120 Å². The molecule has 3 N–H and O–H groups in total. The summed E-state index contributed by atoms with van der Waals surface area (Å²) in [5.41, 5.74) is 12.6. The van der Waals surface area contributed by atoms with Crippen LogP contribution in [0.25, 0.3) is 0 Å². The number of carbonyl (C=O) groups excluding carboxylic acids is 4. The molecule has 696 valence electrons. The average Bonchev–Trinajstić information content (AvgIpc) is 0.962. The van der Waals surface area contributed by atoms with Gasteiger partial charge in [0.25, 0.3) is 5.56 Å². The van der Waals surface area contributed by atoms with Crippen LogP contribution in [0.5, 0.6) is 17.6 Å². The minimum absolute atomic E-state index is 0.115. The molecule has 5 heterocycles. The Hall–Kier alpha value is -10.5. The fourth-order valence-electron chi connectivity index (χ4n) is 11.7. The normalized spacial score (nSPS) is 11.1. The molecule has 11 aromatic rings. The van der Waals surface area contributed by atoms with Crippen molar-refractivity contribution in [2.75, 3.05) is 35.5 Å². The Morgan fingerprint density at radius 3 is 1.02 bits per heavy atom. The van der Waals surface area contributed by atoms with Crippen LogP contribution in [-0.4, -0.2) is 142 Å². The van der Waals surface area contributed by atoms with Gasteiger partial charge in [-0.15, -0.1) is 0 Å². The Balaban J connectivity index is 0.000000272. The van der Waals surface area contributed by atoms with E-state index in [-0.39, 0.29) is 71.7 Å². The number of esters is 2. The molecule has 0 aliphatic carbocycles. The van der Waals surface area contributed by atoms with Gasteiger partial charge in [0.15, 0.2) is 17.5 Å². The number of aromatic nitrogens is 10. The van der Waals surface area contributed by atoms with Crippen molar-refractivity contribution in [3.63, 3.8) is 0 Å². The molecule has 130 heavy (non-hydrogen) atoms. The summed E-state index contributed by atoms with van der Waals surface area (Å²) in [6.45, 7) is 30.7. The Labute approximate surface area is 795 Å². The highest BCUT2D eigenvalue weighted by molar-refractivity contribution is 6.33. The van der Waals surface area contributed by atoms with Crippen molar-refractivity contribution >= 4 is 111 Å². The predicted molar refractivity (Wildman–Crippen MR) is 508 cm³/mol. The van der Waals surface area contributed by atoms with E-state index in [1.807, 2.05) is 211 Å². The van der Waals surface area contributed by atoms with Gasteiger partial charge in [-0.05, 0) is 187 Å². The average molecular weight is 1920 g/mol. The van der Waals surface area contributed by atoms with Crippen molar-refractivity contribution in [2.24, 2.45) is 5.92 Å². The zero-order chi connectivity index (χ0) is 96.9. The van der Waals surface area contributed by atoms with Crippen molar-refractivity contribution in [3.8, 4) is 17.6 Å². The number of halogens is 7. The lowest BCUT2D eigenvalue weighted by molar-refractivity contribution is -0.149. The topological polar surface area (TPSA) is 349 Å². The highest BCUT2D eigenvalue weighted by atomic mass is 35.5. The molecule has 0 spiro atoms. The number of nitrogens with one attached hydrogen (secondary N) is 1. The molecule has 0 radical (unpaired) electrons. The summed E-state index contributed by atoms with van der Waals surface area (Å²) in [4.78, 5) is 108. The molecule has 26 nitrogen and oxygen atoms in total. The first-order valence-corrected chi connectivity index (χ1v) is 43.5. The molecule has 0 bridgehead atoms. The van der Waals surface area contributed by atoms with E-state index >= 15 is 0 Å². The van der Waals surface area contributed by atoms with Gasteiger partial charge in [0.2, 0.25) is 23.5 Å². The number of rotatable bonds is 27. The van der Waals surface area contributed by atoms with E-state index < -0.39 is 23.8 Å². The van der Waals surface area contributed by atoms with Crippen LogP contribution in [0.15, 0.2) is 150 Å². The smallest absolute Gasteiger partial charge is 0.374 e. The van der Waals surface area contributed by atoms with Gasteiger partial charge in [0, 0.05) is 119 Å². The van der Waals surface area contributed by atoms with Crippen LogP contribution in [0.2, 0.25) is 35.3 Å². The number of carboxylic acid groups (broad SMARTS) is 1. The van der Waals surface area contributed by atoms with Crippen molar-refractivity contribution in [2.45, 2.75) is 199 Å². The van der Waals surface area contributed by atoms with Crippen molar-refractivity contribution < 1.29 is 72.1 Å². The van der Waals surface area contributed by atoms with Crippen LogP contribution in [0.4, 0.5) is 0 Å². The van der Waals surface area contributed by atoms with Crippen LogP contribution in [0.3, 0.4) is 0 Å². The number of nitrogens with zero attached hydrogens (tertiary/aromatic N) is 9. The minimum atomic E-state index is -1.18. The SMILES string of the molecule is COC(=O)C(Cc1ccccc1Cl)C(C)=O.COC(=O)CC(C)=O.COc1nc(C(=O)O)nc(C)c1Cc1ccccc1Cl.COc1nc(CO)nc(C)c1Cc1ccccc1Cl.COc1nc(COC(C)(C)C)nc(C)c1Cc1ccccc1Cl.Cc1nc(COC(C)(C)C)[nH]c(=O)c1Cc1ccccc1Cl.Cc1nc(COC(C)(C)C)nc(Cl)c1Cc1ccccc1Cl. The Bertz CT molecular complexity index is 5660. The summed E-state index contributed by atoms with van der Waals surface area (Å²) in [6.07, 6.45) is 2.96. The van der Waals surface area contributed by atoms with Gasteiger partial charge in [0.1, 0.15) is 61.3 Å². The number of hydrogen-bond donors (Lipinski definition) is 3. The number of carboxylic acids is 1. The Morgan fingerprint density at radius 2 is 0.708 bits per heavy atom. The van der Waals surface area contributed by atoms with E-state index in [0.29, 0.717) is 123 Å². The molecule has 5 aromatic heterocycles. The lowest BCUT2D eigenvalue weighted by atomic mass is 9.96. The fraction of sp³-hybridized carbons (Fsp3) is 0.371. The molecule has 0 saturated carbocycles. The van der Waals surface area contributed by atoms with Crippen LogP contribution in [0.1, 0.15) is 206 Å². The number of aromatic amines is 1. The van der Waals surface area contributed by atoms with Crippen molar-refractivity contribution in [1.29, 1.82) is 0 Å². The van der Waals surface area contributed by atoms with E-state index in [1.165, 1.54) is 35.2 Å². The number of methoxy groups -OCH3 is 5. The number of carbonyl (C=O) groups is 5. The fourth-order valence-corrected chi connectivity index (χ4v) is 13.2. The van der Waals surface area contributed by atoms with Gasteiger partial charge in [-0.1, -0.05) is 190 Å². The van der Waals surface area contributed by atoms with Crippen LogP contribution in [-0.2, 0) is 108 Å². The summed E-state index contributed by atoms with van der Waals surface area (Å²) >= 11 is 43.2. The second-order valence-corrected chi connectivity index (χ2v) is 34.9. The molecule has 0 aliphatic rings. The standard InChI is InChI=1S/C18H23ClN2O2.C17H20Cl2N2O.C17H21ClN2O2.C14H13ClN2O3.C14H15ClN2O2.C12H13ClO3.C5H8O3/c1-12-14(10-13-8-6-7-9-15(13)19)17(22-5)21-16(20-12)11-23-18(2,3)4;1-11-13(9-12-7-5-6-8-14(12)18)16(19)21-15(20-11)10-22-17(2,3)4;1-11-13(9-12-7-5-6-8-14(12)18)16(21)20-15(19-11)10-22-17(2,3)4;1-8-10(7-9-5-3-4-6-11(9)15)13(20-2)17-12(16-8)14(18)19;1-9-11(7-10-5-3-4-6-12(10)15)14(19-2)17-13(8-18)16-9;1-8(14)10(12(15)16-2)7-9-5-3-4-6-11(9)13;1-4(6)3-5(7)8-2/h6-9H,10-11H2,1-5H3;5-8H,9-10H2,1-4H3;5-8H,9-10H2,1-4H3,(H,19,20,21);3-6H,7H2,1-2H3,(H,18,19);3-6,18H,7-8H2,1-2H3;3-6,10H,7H2,1-2H3;3H2,1-2H3. The zero-order valence-corrected chi connectivity index (χ0v) is 82.3. The van der Waals surface area contributed by atoms with Crippen LogP contribution < -0.4 is 19.8 Å². The number of hydrogen-bond acceptors (Lipinski definition) is 24. The number of aryl methyl sites for hydroxylation is 5. The number of ether oxygens (including phenoxy) is 8. The lowest BCUT2D eigenvalue weighted by Crippen LogP contribution is -2.25. The van der Waals surface area contributed by atoms with Gasteiger partial charge >= 0.3 is 17.9 Å². The third-order valence-electron chi connectivity index (χ3n) is 18.5. The molecule has 6 aromatic carbocycles. The first kappa shape index (κ1) is 110. The number of aliphatic hydroxyl groups is 1. The second-order valence-electron chi connectivity index (χ2n) is 32.1. The van der Waals surface area contributed by atoms with Crippen molar-refractivity contribution in [1.82, 2.24) is 49.8 Å². The minimum Gasteiger partial charge on any atom is -0.481 e. The quantitative estimate of drug-likeness (QED) is 0.0244. The predicted octanol–water partition coefficient (Wildman–Crippen LogP) is 20.7. The second kappa shape index (κ2) is 53.8. The number of Topliss-reactive ketones (excluding diaryl/α,β-unsaturated/α-hetero) is 2. The number of aromatic carboxylic acids is 1. The third-order valence-corrected chi connectivity index (χ3v) is 21.1. The lowest BCUT2D eigenvalue weighted by Gasteiger charge is -2.19. The van der Waals surface area contributed by atoms with Crippen LogP contribution in [0, 0.1) is 40.5 Å². The monoisotopic (exact) mass is 1920 g/mol. The maximum atomic E-state index is 12.3. The maximum Gasteiger partial charge on any atom is 0.374 e. The first-order valence-electron chi connectivity index (χ1n) is 40.9. The molecular weight excluding hydrogens is 1810 g/mol. The highest BCUT2D eigenvalue weighted by Crippen LogP contribution is 2.32. The molecule has 0 fully saturated rings. The molecule has 11 rings (SSSR count). The summed E-state index contributed by atoms with van der Waals surface area (Å²) < 4.78 is 41.8. The Morgan fingerprint density at radius 1 is 0.392 bits per heavy atom. The molecule has 0 amide bonds. The molecule has 33 heteroatoms. The summed E-state index contributed by atoms with van der Waals surface area (Å²) in [6, 6.07) is 45.2.